The lowest BCUT2D eigenvalue weighted by Crippen LogP contribution is -2.41. The summed E-state index contributed by atoms with van der Waals surface area (Å²) < 4.78 is 0. The Bertz CT molecular complexity index is 2630. The third-order valence-corrected chi connectivity index (χ3v) is 9.48. The van der Waals surface area contributed by atoms with E-state index in [1.54, 1.807) is 30.5 Å². The lowest BCUT2D eigenvalue weighted by atomic mass is 10.1. The van der Waals surface area contributed by atoms with Gasteiger partial charge in [0.1, 0.15) is 23.6 Å². The number of amides is 2. The van der Waals surface area contributed by atoms with Crippen LogP contribution in [-0.4, -0.2) is 124 Å². The number of benzene rings is 2. The first-order chi connectivity index (χ1) is 30.9. The van der Waals surface area contributed by atoms with Gasteiger partial charge in [-0.2, -0.15) is 15.0 Å². The van der Waals surface area contributed by atoms with Crippen molar-refractivity contribution in [2.45, 2.75) is 50.4 Å². The van der Waals surface area contributed by atoms with Crippen LogP contribution in [0.2, 0.25) is 0 Å². The monoisotopic (exact) mass is 899 g/mol. The Hall–Kier alpha value is -8.84. The van der Waals surface area contributed by atoms with Gasteiger partial charge in [0, 0.05) is 55.5 Å². The normalized spacial score (nSPS) is 13.5. The molecule has 1 aliphatic heterocycles. The second kappa shape index (κ2) is 21.3. The minimum Gasteiger partial charge on any atom is -0.481 e. The van der Waals surface area contributed by atoms with E-state index < -0.39 is 53.3 Å². The number of hydrogen-bond donors (Lipinski definition) is 13. The molecule has 6 rings (SSSR count). The maximum absolute atomic E-state index is 12.4. The number of aromatic amines is 1. The number of carbonyl (C=O) groups excluding carboxylic acids is 2. The summed E-state index contributed by atoms with van der Waals surface area (Å²) in [6.07, 6.45) is 0.377. The van der Waals surface area contributed by atoms with Crippen molar-refractivity contribution in [1.29, 1.82) is 0 Å². The predicted octanol–water partition coefficient (Wildman–Crippen LogP) is -0.0136. The Morgan fingerprint density at radius 1 is 0.800 bits per heavy atom. The Morgan fingerprint density at radius 3 is 1.92 bits per heavy atom. The molecular weight excluding hydrogens is 855 g/mol. The Kier molecular flexibility index (Phi) is 15.5. The second-order valence-corrected chi connectivity index (χ2v) is 14.4. The second-order valence-electron chi connectivity index (χ2n) is 14.4. The molecule has 5 aromatic rings. The van der Waals surface area contributed by atoms with Gasteiger partial charge in [-0.3, -0.25) is 24.0 Å². The van der Waals surface area contributed by atoms with E-state index in [4.69, 9.17) is 32.5 Å². The molecule has 3 aromatic heterocycles. The molecule has 1 aliphatic rings. The Morgan fingerprint density at radius 2 is 1.37 bits per heavy atom. The number of nitrogen functional groups attached to an aromatic ring is 3. The number of H-pyrrole nitrogens is 1. The SMILES string of the molecule is CN(Cc1cnc2nc(N)nc(N)c2n1)c1ccc(C(=O)N[C@@H](CCC(=O)O)C(=O)O)cc1.Nc1nc(=O)c2c([nH]1)NCC(CNc1ccc(C(=O)N[C@@H](CCC(=O)O)C(=O)O)cc1)N2. The minimum atomic E-state index is -1.30. The molecular formula is C39H45N15O11. The summed E-state index contributed by atoms with van der Waals surface area (Å²) in [7, 11) is 1.82. The summed E-state index contributed by atoms with van der Waals surface area (Å²) in [5.41, 5.74) is 20.0. The number of carboxylic acids is 4. The van der Waals surface area contributed by atoms with E-state index in [0.717, 1.165) is 5.69 Å². The molecule has 2 amide bonds. The zero-order valence-corrected chi connectivity index (χ0v) is 34.4. The molecule has 0 spiro atoms. The average Bonchev–Trinajstić information content (AvgIpc) is 3.26. The van der Waals surface area contributed by atoms with E-state index in [1.807, 2.05) is 11.9 Å². The van der Waals surface area contributed by atoms with Gasteiger partial charge in [0.15, 0.2) is 17.0 Å². The largest absolute Gasteiger partial charge is 0.481 e. The van der Waals surface area contributed by atoms with Crippen molar-refractivity contribution in [3.63, 3.8) is 0 Å². The number of nitrogens with two attached hydrogens (primary N) is 3. The number of fused-ring (bicyclic) bond motifs is 2. The van der Waals surface area contributed by atoms with Crippen molar-refractivity contribution >= 4 is 87.5 Å². The van der Waals surface area contributed by atoms with E-state index in [9.17, 15) is 38.7 Å². The molecule has 0 saturated carbocycles. The average molecular weight is 900 g/mol. The summed E-state index contributed by atoms with van der Waals surface area (Å²) in [5.74, 6) is -5.45. The highest BCUT2D eigenvalue weighted by molar-refractivity contribution is 5.97. The van der Waals surface area contributed by atoms with E-state index in [1.165, 1.54) is 24.3 Å². The smallest absolute Gasteiger partial charge is 0.326 e. The van der Waals surface area contributed by atoms with Gasteiger partial charge in [-0.1, -0.05) is 0 Å². The summed E-state index contributed by atoms with van der Waals surface area (Å²) in [4.78, 5) is 105. The first-order valence-corrected chi connectivity index (χ1v) is 19.5. The fourth-order valence-corrected chi connectivity index (χ4v) is 6.14. The molecule has 342 valence electrons. The van der Waals surface area contributed by atoms with Crippen LogP contribution in [0.5, 0.6) is 0 Å². The number of hydrogen-bond acceptors (Lipinski definition) is 19. The Labute approximate surface area is 367 Å². The molecule has 3 atom stereocenters. The fraction of sp³-hybridized carbons (Fsp3) is 0.282. The third kappa shape index (κ3) is 13.3. The molecule has 1 unspecified atom stereocenters. The van der Waals surface area contributed by atoms with Crippen molar-refractivity contribution in [3.8, 4) is 0 Å². The van der Waals surface area contributed by atoms with Crippen LogP contribution in [0.1, 0.15) is 52.1 Å². The lowest BCUT2D eigenvalue weighted by molar-refractivity contribution is -0.142. The zero-order valence-electron chi connectivity index (χ0n) is 34.4. The number of aliphatic carboxylic acids is 4. The highest BCUT2D eigenvalue weighted by atomic mass is 16.4. The first-order valence-electron chi connectivity index (χ1n) is 19.5. The van der Waals surface area contributed by atoms with Crippen LogP contribution in [0.4, 0.5) is 40.6 Å². The predicted molar refractivity (Wildman–Crippen MR) is 234 cm³/mol. The van der Waals surface area contributed by atoms with Crippen molar-refractivity contribution in [2.24, 2.45) is 0 Å². The number of nitrogens with zero attached hydrogens (tertiary/aromatic N) is 6. The molecule has 4 heterocycles. The molecule has 0 fully saturated rings. The highest BCUT2D eigenvalue weighted by Gasteiger charge is 2.24. The van der Waals surface area contributed by atoms with Gasteiger partial charge < -0.3 is 74.1 Å². The van der Waals surface area contributed by atoms with E-state index in [2.05, 4.69) is 56.5 Å². The van der Waals surface area contributed by atoms with Crippen LogP contribution in [0, 0.1) is 0 Å². The van der Waals surface area contributed by atoms with Gasteiger partial charge in [-0.25, -0.2) is 19.6 Å². The molecule has 26 nitrogen and oxygen atoms in total. The number of carbonyl (C=O) groups is 6. The van der Waals surface area contributed by atoms with Gasteiger partial charge in [0.25, 0.3) is 17.4 Å². The topological polar surface area (TPSA) is 422 Å². The van der Waals surface area contributed by atoms with Crippen LogP contribution < -0.4 is 54.2 Å². The molecule has 0 aliphatic carbocycles. The maximum atomic E-state index is 12.4. The van der Waals surface area contributed by atoms with Crippen molar-refractivity contribution < 1.29 is 49.2 Å². The van der Waals surface area contributed by atoms with Crippen LogP contribution in [0.15, 0.2) is 59.5 Å². The summed E-state index contributed by atoms with van der Waals surface area (Å²) in [6.45, 7) is 1.35. The van der Waals surface area contributed by atoms with Gasteiger partial charge in [0.2, 0.25) is 11.9 Å². The van der Waals surface area contributed by atoms with E-state index in [0.29, 0.717) is 53.7 Å². The van der Waals surface area contributed by atoms with E-state index in [-0.39, 0.29) is 60.6 Å². The molecule has 26 heteroatoms. The molecule has 16 N–H and O–H groups in total. The van der Waals surface area contributed by atoms with Gasteiger partial charge >= 0.3 is 23.9 Å². The number of nitrogens with one attached hydrogen (secondary N) is 6. The van der Waals surface area contributed by atoms with Crippen LogP contribution in [0.3, 0.4) is 0 Å². The molecule has 65 heavy (non-hydrogen) atoms. The fourth-order valence-electron chi connectivity index (χ4n) is 6.14. The van der Waals surface area contributed by atoms with Crippen LogP contribution >= 0.6 is 0 Å². The summed E-state index contributed by atoms with van der Waals surface area (Å²) >= 11 is 0. The lowest BCUT2D eigenvalue weighted by Gasteiger charge is -2.27. The molecule has 0 bridgehead atoms. The van der Waals surface area contributed by atoms with Crippen LogP contribution in [0.25, 0.3) is 11.2 Å². The van der Waals surface area contributed by atoms with Crippen molar-refractivity contribution in [2.75, 3.05) is 58.2 Å². The minimum absolute atomic E-state index is 0.0138. The first kappa shape index (κ1) is 47.2. The van der Waals surface area contributed by atoms with Gasteiger partial charge in [-0.05, 0) is 61.4 Å². The maximum Gasteiger partial charge on any atom is 0.326 e. The molecule has 0 saturated heterocycles. The van der Waals surface area contributed by atoms with Crippen molar-refractivity contribution in [3.05, 3.63) is 81.9 Å². The molecule has 2 aromatic carbocycles. The Balaban J connectivity index is 0.000000244. The van der Waals surface area contributed by atoms with Crippen molar-refractivity contribution in [1.82, 2.24) is 40.5 Å². The number of rotatable bonds is 18. The number of anilines is 7. The summed E-state index contributed by atoms with van der Waals surface area (Å²) in [6, 6.07) is 10.1. The molecule has 0 radical (unpaired) electrons. The standard InChI is InChI=1S/C20H22N8O5.C19H23N7O6/c1-28(9-11-8-23-17-15(24-11)16(21)26-20(22)27-17)12-4-2-10(3-5-12)18(31)25-13(19(32)33)6-7-14(29)30;20-19-25-15-14(17(30)26-19)23-11(8-22-15)7-21-10-3-1-9(2-4-10)16(29)24-12(18(31)32)5-6-13(27)28/h2-5,8,13H,6-7,9H2,1H3,(H,25,31)(H,29,30)(H,32,33)(H4,21,22,23,26,27);1-4,11-12,21,23H,5-8H2,(H,24,29)(H,27,28)(H,31,32)(H4,20,22,25,26,30)/t13-;11?,12-/m00/s1. The van der Waals surface area contributed by atoms with Gasteiger partial charge in [-0.15, -0.1) is 0 Å². The highest BCUT2D eigenvalue weighted by Crippen LogP contribution is 2.21. The number of aromatic nitrogens is 6. The summed E-state index contributed by atoms with van der Waals surface area (Å²) in [5, 5.41) is 49.8. The number of carboxylic acid groups (broad SMARTS) is 4. The van der Waals surface area contributed by atoms with Crippen LogP contribution in [-0.2, 0) is 25.7 Å². The van der Waals surface area contributed by atoms with Gasteiger partial charge in [0.05, 0.1) is 24.5 Å². The quantitative estimate of drug-likeness (QED) is 0.0550. The zero-order chi connectivity index (χ0) is 47.4. The van der Waals surface area contributed by atoms with E-state index >= 15 is 0 Å². The third-order valence-electron chi connectivity index (χ3n) is 9.48.